The van der Waals surface area contributed by atoms with Gasteiger partial charge in [0.05, 0.1) is 19.9 Å². The van der Waals surface area contributed by atoms with Gasteiger partial charge in [0.2, 0.25) is 0 Å². The van der Waals surface area contributed by atoms with Crippen LogP contribution in [0.3, 0.4) is 0 Å². The maximum atomic E-state index is 5.32. The van der Waals surface area contributed by atoms with Crippen LogP contribution in [0.25, 0.3) is 0 Å². The van der Waals surface area contributed by atoms with E-state index in [2.05, 4.69) is 22.6 Å². The van der Waals surface area contributed by atoms with Crippen LogP contribution in [0.5, 0.6) is 5.75 Å². The Labute approximate surface area is 112 Å². The summed E-state index contributed by atoms with van der Waals surface area (Å²) < 4.78 is 10.4. The molecule has 1 aliphatic rings. The van der Waals surface area contributed by atoms with Crippen molar-refractivity contribution in [3.8, 4) is 5.75 Å². The number of fused-ring (bicyclic) bond motifs is 1. The standard InChI is InChI=1S/C15H18N2O2/c1-18-12-6-5-11-3-2-4-15(14(11)9-12)16-10-13-7-8-17-19-13/h5-9,15-16H,2-4,10H2,1H3. The van der Waals surface area contributed by atoms with E-state index < -0.39 is 0 Å². The second-order valence-electron chi connectivity index (χ2n) is 4.87. The fourth-order valence-electron chi connectivity index (χ4n) is 2.67. The van der Waals surface area contributed by atoms with Gasteiger partial charge < -0.3 is 14.6 Å². The number of rotatable bonds is 4. The normalized spacial score (nSPS) is 18.1. The van der Waals surface area contributed by atoms with Gasteiger partial charge in [0, 0.05) is 12.1 Å². The zero-order valence-electron chi connectivity index (χ0n) is 11.1. The number of hydrogen-bond donors (Lipinski definition) is 1. The minimum atomic E-state index is 0.365. The van der Waals surface area contributed by atoms with Gasteiger partial charge >= 0.3 is 0 Å². The Balaban J connectivity index is 1.77. The Bertz CT molecular complexity index is 537. The average Bonchev–Trinajstić information content (AvgIpc) is 2.97. The maximum absolute atomic E-state index is 5.32. The number of methoxy groups -OCH3 is 1. The summed E-state index contributed by atoms with van der Waals surface area (Å²) in [5, 5.41) is 7.26. The van der Waals surface area contributed by atoms with Gasteiger partial charge in [0.15, 0.2) is 0 Å². The van der Waals surface area contributed by atoms with Gasteiger partial charge in [0.25, 0.3) is 0 Å². The Morgan fingerprint density at radius 1 is 1.42 bits per heavy atom. The molecule has 1 aromatic heterocycles. The molecule has 2 aromatic rings. The van der Waals surface area contributed by atoms with Crippen molar-refractivity contribution < 1.29 is 9.26 Å². The molecule has 0 saturated heterocycles. The molecular formula is C15H18N2O2. The predicted molar refractivity (Wildman–Crippen MR) is 72.0 cm³/mol. The molecule has 0 aliphatic heterocycles. The van der Waals surface area contributed by atoms with E-state index in [1.54, 1.807) is 13.3 Å². The van der Waals surface area contributed by atoms with Gasteiger partial charge in [-0.3, -0.25) is 0 Å². The molecule has 4 heteroatoms. The van der Waals surface area contributed by atoms with Crippen molar-refractivity contribution in [3.05, 3.63) is 47.3 Å². The average molecular weight is 258 g/mol. The minimum Gasteiger partial charge on any atom is -0.497 e. The zero-order valence-corrected chi connectivity index (χ0v) is 11.1. The lowest BCUT2D eigenvalue weighted by molar-refractivity contribution is 0.354. The summed E-state index contributed by atoms with van der Waals surface area (Å²) in [7, 11) is 1.71. The SMILES string of the molecule is COc1ccc2c(c1)C(NCc1ccno1)CCC2. The summed E-state index contributed by atoms with van der Waals surface area (Å²) in [6, 6.07) is 8.62. The van der Waals surface area contributed by atoms with Gasteiger partial charge in [-0.05, 0) is 42.5 Å². The third-order valence-corrected chi connectivity index (χ3v) is 3.68. The van der Waals surface area contributed by atoms with E-state index in [1.165, 1.54) is 17.5 Å². The summed E-state index contributed by atoms with van der Waals surface area (Å²) >= 11 is 0. The molecular weight excluding hydrogens is 240 g/mol. The van der Waals surface area contributed by atoms with E-state index in [0.29, 0.717) is 12.6 Å². The number of aryl methyl sites for hydroxylation is 1. The van der Waals surface area contributed by atoms with Crippen LogP contribution in [0.1, 0.15) is 35.8 Å². The highest BCUT2D eigenvalue weighted by Crippen LogP contribution is 2.32. The Kier molecular flexibility index (Phi) is 3.51. The zero-order chi connectivity index (χ0) is 13.1. The van der Waals surface area contributed by atoms with E-state index in [-0.39, 0.29) is 0 Å². The van der Waals surface area contributed by atoms with Crippen LogP contribution in [0.15, 0.2) is 35.0 Å². The van der Waals surface area contributed by atoms with Gasteiger partial charge in [0.1, 0.15) is 11.5 Å². The first-order valence-electron chi connectivity index (χ1n) is 6.66. The number of ether oxygens (including phenoxy) is 1. The third-order valence-electron chi connectivity index (χ3n) is 3.68. The first kappa shape index (κ1) is 12.2. The van der Waals surface area contributed by atoms with Crippen LogP contribution in [0.4, 0.5) is 0 Å². The molecule has 1 aromatic carbocycles. The molecule has 1 aliphatic carbocycles. The molecule has 0 spiro atoms. The number of nitrogens with one attached hydrogen (secondary N) is 1. The molecule has 0 saturated carbocycles. The van der Waals surface area contributed by atoms with Crippen LogP contribution in [-0.2, 0) is 13.0 Å². The summed E-state index contributed by atoms with van der Waals surface area (Å²) in [6.45, 7) is 0.710. The lowest BCUT2D eigenvalue weighted by atomic mass is 9.87. The van der Waals surface area contributed by atoms with Crippen LogP contribution in [0, 0.1) is 0 Å². The first-order valence-corrected chi connectivity index (χ1v) is 6.66. The molecule has 0 bridgehead atoms. The Morgan fingerprint density at radius 3 is 3.16 bits per heavy atom. The number of nitrogens with zero attached hydrogens (tertiary/aromatic N) is 1. The molecule has 0 fully saturated rings. The second kappa shape index (κ2) is 5.45. The van der Waals surface area contributed by atoms with Crippen molar-refractivity contribution in [1.29, 1.82) is 0 Å². The second-order valence-corrected chi connectivity index (χ2v) is 4.87. The van der Waals surface area contributed by atoms with Crippen molar-refractivity contribution in [3.63, 3.8) is 0 Å². The van der Waals surface area contributed by atoms with Crippen molar-refractivity contribution >= 4 is 0 Å². The Hall–Kier alpha value is -1.81. The molecule has 100 valence electrons. The van der Waals surface area contributed by atoms with Crippen LogP contribution in [0.2, 0.25) is 0 Å². The quantitative estimate of drug-likeness (QED) is 0.916. The molecule has 4 nitrogen and oxygen atoms in total. The molecule has 1 unspecified atom stereocenters. The lowest BCUT2D eigenvalue weighted by Gasteiger charge is -2.26. The fraction of sp³-hybridized carbons (Fsp3) is 0.400. The van der Waals surface area contributed by atoms with Gasteiger partial charge in [-0.2, -0.15) is 0 Å². The number of hydrogen-bond acceptors (Lipinski definition) is 4. The highest BCUT2D eigenvalue weighted by atomic mass is 16.5. The van der Waals surface area contributed by atoms with Crippen molar-refractivity contribution in [1.82, 2.24) is 10.5 Å². The molecule has 0 amide bonds. The summed E-state index contributed by atoms with van der Waals surface area (Å²) in [5.41, 5.74) is 2.77. The molecule has 19 heavy (non-hydrogen) atoms. The smallest absolute Gasteiger partial charge is 0.150 e. The minimum absolute atomic E-state index is 0.365. The van der Waals surface area contributed by atoms with Crippen LogP contribution >= 0.6 is 0 Å². The highest BCUT2D eigenvalue weighted by molar-refractivity contribution is 5.39. The monoisotopic (exact) mass is 258 g/mol. The van der Waals surface area contributed by atoms with Crippen molar-refractivity contribution in [2.45, 2.75) is 31.8 Å². The van der Waals surface area contributed by atoms with Gasteiger partial charge in [-0.25, -0.2) is 0 Å². The molecule has 1 heterocycles. The topological polar surface area (TPSA) is 47.3 Å². The largest absolute Gasteiger partial charge is 0.497 e. The van der Waals surface area contributed by atoms with E-state index in [9.17, 15) is 0 Å². The van der Waals surface area contributed by atoms with E-state index in [0.717, 1.165) is 24.4 Å². The molecule has 3 rings (SSSR count). The summed E-state index contributed by atoms with van der Waals surface area (Å²) in [4.78, 5) is 0. The van der Waals surface area contributed by atoms with Gasteiger partial charge in [-0.15, -0.1) is 0 Å². The maximum Gasteiger partial charge on any atom is 0.150 e. The van der Waals surface area contributed by atoms with Crippen molar-refractivity contribution in [2.24, 2.45) is 0 Å². The molecule has 1 N–H and O–H groups in total. The highest BCUT2D eigenvalue weighted by Gasteiger charge is 2.20. The summed E-state index contributed by atoms with van der Waals surface area (Å²) in [6.07, 6.45) is 5.19. The third kappa shape index (κ3) is 2.63. The predicted octanol–water partition coefficient (Wildman–Crippen LogP) is 2.85. The fourth-order valence-corrected chi connectivity index (χ4v) is 2.67. The number of aromatic nitrogens is 1. The lowest BCUT2D eigenvalue weighted by Crippen LogP contribution is -2.24. The number of benzene rings is 1. The van der Waals surface area contributed by atoms with Crippen LogP contribution in [-0.4, -0.2) is 12.3 Å². The van der Waals surface area contributed by atoms with E-state index >= 15 is 0 Å². The molecule has 1 atom stereocenters. The first-order chi connectivity index (χ1) is 9.36. The van der Waals surface area contributed by atoms with E-state index in [1.807, 2.05) is 12.1 Å². The Morgan fingerprint density at radius 2 is 2.37 bits per heavy atom. The van der Waals surface area contributed by atoms with Crippen molar-refractivity contribution in [2.75, 3.05) is 7.11 Å². The molecule has 0 radical (unpaired) electrons. The van der Waals surface area contributed by atoms with Crippen LogP contribution < -0.4 is 10.1 Å². The summed E-state index contributed by atoms with van der Waals surface area (Å²) in [5.74, 6) is 1.79. The van der Waals surface area contributed by atoms with E-state index in [4.69, 9.17) is 9.26 Å². The van der Waals surface area contributed by atoms with Gasteiger partial charge in [-0.1, -0.05) is 11.2 Å².